The van der Waals surface area contributed by atoms with Gasteiger partial charge < -0.3 is 19.3 Å². The van der Waals surface area contributed by atoms with E-state index in [2.05, 4.69) is 5.10 Å². The van der Waals surface area contributed by atoms with Gasteiger partial charge in [0.25, 0.3) is 11.8 Å². The molecule has 3 aromatic rings. The maximum atomic E-state index is 12.9. The van der Waals surface area contributed by atoms with Gasteiger partial charge in [-0.25, -0.2) is 0 Å². The van der Waals surface area contributed by atoms with E-state index in [-0.39, 0.29) is 18.4 Å². The van der Waals surface area contributed by atoms with Crippen LogP contribution in [0, 0.1) is 0 Å². The molecule has 0 N–H and O–H groups in total. The largest absolute Gasteiger partial charge is 0.485 e. The molecule has 1 saturated heterocycles. The van der Waals surface area contributed by atoms with Crippen LogP contribution >= 0.6 is 11.6 Å². The fraction of sp³-hybridized carbons (Fsp3) is 0.292. The number of amides is 2. The number of carbonyl (C=O) groups is 2. The average molecular weight is 467 g/mol. The third-order valence-electron chi connectivity index (χ3n) is 5.83. The van der Waals surface area contributed by atoms with Gasteiger partial charge in [0.05, 0.1) is 18.3 Å². The summed E-state index contributed by atoms with van der Waals surface area (Å²) in [7, 11) is 0. The van der Waals surface area contributed by atoms with Gasteiger partial charge in [-0.15, -0.1) is 0 Å². The average Bonchev–Trinajstić information content (AvgIpc) is 3.33. The normalized spacial score (nSPS) is 17.7. The summed E-state index contributed by atoms with van der Waals surface area (Å²) in [5, 5.41) is 4.97. The number of ether oxygens (including phenoxy) is 2. The van der Waals surface area contributed by atoms with E-state index in [0.717, 1.165) is 5.56 Å². The molecule has 0 bridgehead atoms. The van der Waals surface area contributed by atoms with E-state index in [0.29, 0.717) is 54.8 Å². The number of hydrogen-bond donors (Lipinski definition) is 0. The molecule has 1 aromatic heterocycles. The molecule has 0 spiro atoms. The monoisotopic (exact) mass is 466 g/mol. The molecule has 8 nitrogen and oxygen atoms in total. The maximum Gasteiger partial charge on any atom is 0.267 e. The van der Waals surface area contributed by atoms with Crippen molar-refractivity contribution in [2.45, 2.75) is 12.6 Å². The van der Waals surface area contributed by atoms with Crippen molar-refractivity contribution >= 4 is 23.4 Å². The quantitative estimate of drug-likeness (QED) is 0.591. The molecular weight excluding hydrogens is 444 g/mol. The molecule has 33 heavy (non-hydrogen) atoms. The summed E-state index contributed by atoms with van der Waals surface area (Å²) in [5.74, 6) is 1.000. The highest BCUT2D eigenvalue weighted by molar-refractivity contribution is 6.31. The molecule has 5 rings (SSSR count). The second-order valence-corrected chi connectivity index (χ2v) is 8.41. The van der Waals surface area contributed by atoms with E-state index in [1.54, 1.807) is 32.9 Å². The molecule has 0 aliphatic carbocycles. The summed E-state index contributed by atoms with van der Waals surface area (Å²) in [6, 6.07) is 14.9. The second kappa shape index (κ2) is 9.15. The van der Waals surface area contributed by atoms with Gasteiger partial charge >= 0.3 is 0 Å². The first-order valence-electron chi connectivity index (χ1n) is 10.8. The summed E-state index contributed by atoms with van der Waals surface area (Å²) < 4.78 is 13.2. The Kier molecular flexibility index (Phi) is 5.92. The number of rotatable bonds is 4. The van der Waals surface area contributed by atoms with Crippen molar-refractivity contribution in [3.63, 3.8) is 0 Å². The van der Waals surface area contributed by atoms with Crippen molar-refractivity contribution in [2.24, 2.45) is 0 Å². The summed E-state index contributed by atoms with van der Waals surface area (Å²) in [6.07, 6.45) is 2.63. The summed E-state index contributed by atoms with van der Waals surface area (Å²) in [4.78, 5) is 29.3. The molecule has 9 heteroatoms. The highest BCUT2D eigenvalue weighted by atomic mass is 35.5. The van der Waals surface area contributed by atoms with E-state index >= 15 is 0 Å². The van der Waals surface area contributed by atoms with Crippen LogP contribution in [-0.2, 0) is 11.3 Å². The summed E-state index contributed by atoms with van der Waals surface area (Å²) in [5.41, 5.74) is 1.45. The molecule has 2 aliphatic rings. The first-order chi connectivity index (χ1) is 16.1. The molecular formula is C24H23ClN4O4. The van der Waals surface area contributed by atoms with E-state index in [1.807, 2.05) is 42.5 Å². The van der Waals surface area contributed by atoms with Gasteiger partial charge in [-0.1, -0.05) is 41.9 Å². The zero-order valence-electron chi connectivity index (χ0n) is 17.9. The highest BCUT2D eigenvalue weighted by Gasteiger charge is 2.33. The number of hydrogen-bond acceptors (Lipinski definition) is 5. The molecule has 2 aliphatic heterocycles. The minimum atomic E-state index is -0.676. The van der Waals surface area contributed by atoms with Crippen LogP contribution < -0.4 is 9.47 Å². The fourth-order valence-corrected chi connectivity index (χ4v) is 4.21. The van der Waals surface area contributed by atoms with Gasteiger partial charge in [0, 0.05) is 37.4 Å². The van der Waals surface area contributed by atoms with Crippen LogP contribution in [0.25, 0.3) is 0 Å². The van der Waals surface area contributed by atoms with Gasteiger partial charge in [0.15, 0.2) is 11.5 Å². The van der Waals surface area contributed by atoms with E-state index < -0.39 is 6.10 Å². The third kappa shape index (κ3) is 4.52. The van der Waals surface area contributed by atoms with Crippen LogP contribution in [0.2, 0.25) is 5.02 Å². The fourth-order valence-electron chi connectivity index (χ4n) is 4.02. The maximum absolute atomic E-state index is 12.9. The van der Waals surface area contributed by atoms with Crippen LogP contribution in [0.15, 0.2) is 60.9 Å². The van der Waals surface area contributed by atoms with Crippen molar-refractivity contribution in [2.75, 3.05) is 32.8 Å². The van der Waals surface area contributed by atoms with Crippen molar-refractivity contribution in [3.8, 4) is 11.5 Å². The van der Waals surface area contributed by atoms with Crippen LogP contribution in [0.3, 0.4) is 0 Å². The predicted octanol–water partition coefficient (Wildman–Crippen LogP) is 2.71. The minimum absolute atomic E-state index is 0.0984. The molecule has 1 fully saturated rings. The predicted molar refractivity (Wildman–Crippen MR) is 122 cm³/mol. The molecule has 0 saturated carbocycles. The Labute approximate surface area is 196 Å². The Morgan fingerprint density at radius 2 is 1.67 bits per heavy atom. The lowest BCUT2D eigenvalue weighted by Crippen LogP contribution is -2.55. The van der Waals surface area contributed by atoms with Gasteiger partial charge in [-0.2, -0.15) is 5.10 Å². The molecule has 1 atom stereocenters. The molecule has 2 amide bonds. The van der Waals surface area contributed by atoms with Crippen molar-refractivity contribution in [3.05, 3.63) is 77.1 Å². The SMILES string of the molecule is O=C(c1cnn(Cc2ccccc2Cl)c1)N1CCN(C(=O)C2COc3ccccc3O2)CC1. The lowest BCUT2D eigenvalue weighted by Gasteiger charge is -2.37. The van der Waals surface area contributed by atoms with Crippen molar-refractivity contribution < 1.29 is 19.1 Å². The van der Waals surface area contributed by atoms with Crippen LogP contribution in [-0.4, -0.2) is 70.3 Å². The number of fused-ring (bicyclic) bond motifs is 1. The Balaban J connectivity index is 1.16. The van der Waals surface area contributed by atoms with Crippen LogP contribution in [0.5, 0.6) is 11.5 Å². The third-order valence-corrected chi connectivity index (χ3v) is 6.20. The van der Waals surface area contributed by atoms with Crippen LogP contribution in [0.4, 0.5) is 0 Å². The number of para-hydroxylation sites is 2. The van der Waals surface area contributed by atoms with Gasteiger partial charge in [0.2, 0.25) is 6.10 Å². The Morgan fingerprint density at radius 1 is 0.970 bits per heavy atom. The van der Waals surface area contributed by atoms with Gasteiger partial charge in [-0.3, -0.25) is 14.3 Å². The first-order valence-corrected chi connectivity index (χ1v) is 11.2. The molecule has 3 heterocycles. The number of benzene rings is 2. The molecule has 1 unspecified atom stereocenters. The first kappa shape index (κ1) is 21.3. The number of nitrogens with zero attached hydrogens (tertiary/aromatic N) is 4. The zero-order valence-corrected chi connectivity index (χ0v) is 18.6. The number of aromatic nitrogens is 2. The Morgan fingerprint density at radius 3 is 2.45 bits per heavy atom. The minimum Gasteiger partial charge on any atom is -0.485 e. The van der Waals surface area contributed by atoms with Gasteiger partial charge in [-0.05, 0) is 23.8 Å². The summed E-state index contributed by atoms with van der Waals surface area (Å²) >= 11 is 6.22. The Hall–Kier alpha value is -3.52. The lowest BCUT2D eigenvalue weighted by atomic mass is 10.2. The van der Waals surface area contributed by atoms with E-state index in [9.17, 15) is 9.59 Å². The second-order valence-electron chi connectivity index (χ2n) is 8.00. The highest BCUT2D eigenvalue weighted by Crippen LogP contribution is 2.31. The smallest absolute Gasteiger partial charge is 0.267 e. The topological polar surface area (TPSA) is 76.9 Å². The molecule has 0 radical (unpaired) electrons. The molecule has 2 aromatic carbocycles. The lowest BCUT2D eigenvalue weighted by molar-refractivity contribution is -0.142. The van der Waals surface area contributed by atoms with E-state index in [1.165, 1.54) is 0 Å². The summed E-state index contributed by atoms with van der Waals surface area (Å²) in [6.45, 7) is 2.45. The Bertz CT molecular complexity index is 1170. The molecule has 170 valence electrons. The standard InChI is InChI=1S/C24H23ClN4O4/c25-19-6-2-1-5-17(19)14-29-15-18(13-26-29)23(30)27-9-11-28(12-10-27)24(31)22-16-32-20-7-3-4-8-21(20)33-22/h1-8,13,15,22H,9-12,14,16H2. The number of piperazine rings is 1. The van der Waals surface area contributed by atoms with E-state index in [4.69, 9.17) is 21.1 Å². The van der Waals surface area contributed by atoms with Crippen LogP contribution in [0.1, 0.15) is 15.9 Å². The van der Waals surface area contributed by atoms with Crippen molar-refractivity contribution in [1.82, 2.24) is 19.6 Å². The number of carbonyl (C=O) groups excluding carboxylic acids is 2. The number of halogens is 1. The van der Waals surface area contributed by atoms with Crippen molar-refractivity contribution in [1.29, 1.82) is 0 Å². The zero-order chi connectivity index (χ0) is 22.8. The van der Waals surface area contributed by atoms with Gasteiger partial charge in [0.1, 0.15) is 6.61 Å².